The van der Waals surface area contributed by atoms with Gasteiger partial charge in [-0.2, -0.15) is 0 Å². The lowest BCUT2D eigenvalue weighted by Gasteiger charge is -2.49. The number of aryl methyl sites for hydroxylation is 1. The number of hydrogen-bond donors (Lipinski definition) is 3. The number of ether oxygens (including phenoxy) is 1. The van der Waals surface area contributed by atoms with Gasteiger partial charge in [-0.15, -0.1) is 0 Å². The summed E-state index contributed by atoms with van der Waals surface area (Å²) in [6, 6.07) is 11.0. The Labute approximate surface area is 255 Å². The van der Waals surface area contributed by atoms with Crippen molar-refractivity contribution in [1.82, 2.24) is 4.72 Å². The van der Waals surface area contributed by atoms with E-state index in [-0.39, 0.29) is 29.9 Å². The van der Waals surface area contributed by atoms with E-state index in [1.807, 2.05) is 25.1 Å². The molecule has 0 saturated heterocycles. The van der Waals surface area contributed by atoms with E-state index >= 15 is 0 Å². The third-order valence-corrected chi connectivity index (χ3v) is 12.1. The quantitative estimate of drug-likeness (QED) is 0.409. The molecule has 1 amide bonds. The summed E-state index contributed by atoms with van der Waals surface area (Å²) >= 11 is 6.31. The molecule has 5 atom stereocenters. The number of rotatable bonds is 1. The molecule has 2 aromatic rings. The molecule has 1 saturated carbocycles. The molecule has 2 aromatic carbocycles. The van der Waals surface area contributed by atoms with Crippen molar-refractivity contribution in [3.8, 4) is 5.75 Å². The topological polar surface area (TPSA) is 122 Å². The third kappa shape index (κ3) is 6.59. The van der Waals surface area contributed by atoms with Crippen molar-refractivity contribution in [2.45, 2.75) is 82.7 Å². The maximum Gasteiger partial charge on any atom is 0.264 e. The number of amides is 1. The van der Waals surface area contributed by atoms with Crippen molar-refractivity contribution in [2.24, 2.45) is 23.5 Å². The summed E-state index contributed by atoms with van der Waals surface area (Å²) in [4.78, 5) is 15.6. The van der Waals surface area contributed by atoms with Crippen LogP contribution in [0.15, 0.2) is 36.4 Å². The Hall–Kier alpha value is -2.33. The number of fused-ring (bicyclic) bond motifs is 3. The highest BCUT2D eigenvalue weighted by Crippen LogP contribution is 2.45. The molecular weight excluding hydrogens is 574 g/mol. The summed E-state index contributed by atoms with van der Waals surface area (Å²) in [5.41, 5.74) is 8.46. The fourth-order valence-electron chi connectivity index (χ4n) is 6.85. The second-order valence-electron chi connectivity index (χ2n) is 12.6. The zero-order valence-corrected chi connectivity index (χ0v) is 26.2. The van der Waals surface area contributed by atoms with Gasteiger partial charge in [-0.3, -0.25) is 4.79 Å². The highest BCUT2D eigenvalue weighted by Gasteiger charge is 2.46. The fourth-order valence-corrected chi connectivity index (χ4v) is 8.35. The maximum absolute atomic E-state index is 13.3. The van der Waals surface area contributed by atoms with E-state index in [1.165, 1.54) is 5.56 Å². The monoisotopic (exact) mass is 617 g/mol. The molecule has 5 rings (SSSR count). The second-order valence-corrected chi connectivity index (χ2v) is 15.1. The average molecular weight is 618 g/mol. The highest BCUT2D eigenvalue weighted by molar-refractivity contribution is 7.90. The van der Waals surface area contributed by atoms with Gasteiger partial charge in [0.15, 0.2) is 0 Å². The molecule has 3 aliphatic rings. The molecule has 0 radical (unpaired) electrons. The summed E-state index contributed by atoms with van der Waals surface area (Å²) in [5.74, 6) is 0.0981. The Morgan fingerprint density at radius 3 is 2.64 bits per heavy atom. The van der Waals surface area contributed by atoms with Gasteiger partial charge in [-0.1, -0.05) is 31.0 Å². The molecular formula is C32H44ClN3O5S. The first-order chi connectivity index (χ1) is 20.0. The van der Waals surface area contributed by atoms with Gasteiger partial charge >= 0.3 is 0 Å². The van der Waals surface area contributed by atoms with Crippen LogP contribution in [0.2, 0.25) is 5.02 Å². The van der Waals surface area contributed by atoms with Crippen LogP contribution < -0.4 is 20.1 Å². The van der Waals surface area contributed by atoms with Crippen LogP contribution in [0.3, 0.4) is 0 Å². The number of aliphatic hydroxyl groups is 1. The van der Waals surface area contributed by atoms with E-state index < -0.39 is 26.8 Å². The first-order valence-electron chi connectivity index (χ1n) is 15.3. The van der Waals surface area contributed by atoms with E-state index in [4.69, 9.17) is 22.1 Å². The number of nitrogens with zero attached hydrogens (tertiary/aromatic N) is 1. The standard InChI is InChI=1S/C32H44ClN3O5S/c1-21-6-5-14-32(38,20-34)28-12-9-25(28)18-36-15-4-3-7-23-16-27(33)11-8-26(23)19-41-30-13-10-24(17-29(30)36)31(37)35-42(39,40)22(21)2/h8,10-11,13,16-17,21-22,25,28,38H,3-7,9,12,14-15,18-20,34H2,1-2H3,(H,35,37)/t21-,22+,25-,28+,32-/m0/s1. The van der Waals surface area contributed by atoms with Crippen LogP contribution in [0.25, 0.3) is 0 Å². The molecule has 230 valence electrons. The number of hydrogen-bond acceptors (Lipinski definition) is 7. The van der Waals surface area contributed by atoms with Crippen molar-refractivity contribution in [3.05, 3.63) is 58.1 Å². The van der Waals surface area contributed by atoms with Crippen LogP contribution >= 0.6 is 11.6 Å². The molecule has 2 aliphatic heterocycles. The smallest absolute Gasteiger partial charge is 0.264 e. The molecule has 10 heteroatoms. The number of nitrogens with one attached hydrogen (secondary N) is 1. The minimum Gasteiger partial charge on any atom is -0.487 e. The fraction of sp³-hybridized carbons (Fsp3) is 0.594. The Balaban J connectivity index is 1.55. The van der Waals surface area contributed by atoms with E-state index in [0.29, 0.717) is 43.2 Å². The maximum atomic E-state index is 13.3. The first kappa shape index (κ1) is 31.1. The Bertz CT molecular complexity index is 1400. The van der Waals surface area contributed by atoms with Gasteiger partial charge in [0.05, 0.1) is 16.5 Å². The van der Waals surface area contributed by atoms with Gasteiger partial charge in [-0.05, 0) is 111 Å². The van der Waals surface area contributed by atoms with Gasteiger partial charge in [0, 0.05) is 30.2 Å². The number of anilines is 1. The summed E-state index contributed by atoms with van der Waals surface area (Å²) in [5, 5.41) is 11.7. The van der Waals surface area contributed by atoms with Gasteiger partial charge in [0.1, 0.15) is 12.4 Å². The van der Waals surface area contributed by atoms with E-state index in [0.717, 1.165) is 49.9 Å². The van der Waals surface area contributed by atoms with Crippen molar-refractivity contribution in [2.75, 3.05) is 24.5 Å². The molecule has 4 N–H and O–H groups in total. The van der Waals surface area contributed by atoms with Crippen molar-refractivity contribution < 1.29 is 23.1 Å². The zero-order valence-electron chi connectivity index (χ0n) is 24.6. The highest BCUT2D eigenvalue weighted by atomic mass is 35.5. The van der Waals surface area contributed by atoms with Crippen LogP contribution in [0.4, 0.5) is 5.69 Å². The lowest BCUT2D eigenvalue weighted by atomic mass is 9.63. The van der Waals surface area contributed by atoms with Crippen LogP contribution in [0.5, 0.6) is 5.75 Å². The molecule has 0 aromatic heterocycles. The third-order valence-electron chi connectivity index (χ3n) is 9.95. The predicted octanol–water partition coefficient (Wildman–Crippen LogP) is 5.05. The van der Waals surface area contributed by atoms with Gasteiger partial charge < -0.3 is 20.5 Å². The van der Waals surface area contributed by atoms with E-state index in [2.05, 4.69) is 9.62 Å². The summed E-state index contributed by atoms with van der Waals surface area (Å²) in [6.07, 6.45) is 6.45. The largest absolute Gasteiger partial charge is 0.487 e. The van der Waals surface area contributed by atoms with Gasteiger partial charge in [-0.25, -0.2) is 13.1 Å². The van der Waals surface area contributed by atoms with Crippen molar-refractivity contribution in [1.29, 1.82) is 0 Å². The van der Waals surface area contributed by atoms with E-state index in [9.17, 15) is 18.3 Å². The van der Waals surface area contributed by atoms with Crippen molar-refractivity contribution in [3.63, 3.8) is 0 Å². The zero-order chi connectivity index (χ0) is 30.1. The summed E-state index contributed by atoms with van der Waals surface area (Å²) in [6.45, 7) is 5.47. The molecule has 1 aliphatic carbocycles. The minimum absolute atomic E-state index is 0.0623. The summed E-state index contributed by atoms with van der Waals surface area (Å²) < 4.78 is 35.1. The number of benzene rings is 2. The molecule has 8 nitrogen and oxygen atoms in total. The van der Waals surface area contributed by atoms with Gasteiger partial charge in [0.2, 0.25) is 10.0 Å². The van der Waals surface area contributed by atoms with Crippen LogP contribution in [-0.2, 0) is 23.1 Å². The molecule has 42 heavy (non-hydrogen) atoms. The number of sulfonamides is 1. The first-order valence-corrected chi connectivity index (χ1v) is 17.2. The number of carbonyl (C=O) groups is 1. The lowest BCUT2D eigenvalue weighted by molar-refractivity contribution is -0.0813. The average Bonchev–Trinajstić information content (AvgIpc) is 2.97. The van der Waals surface area contributed by atoms with Crippen LogP contribution in [0.1, 0.15) is 80.3 Å². The molecule has 1 fully saturated rings. The lowest BCUT2D eigenvalue weighted by Crippen LogP contribution is -2.54. The molecule has 2 heterocycles. The van der Waals surface area contributed by atoms with Crippen LogP contribution in [0, 0.1) is 17.8 Å². The molecule has 0 spiro atoms. The second kappa shape index (κ2) is 12.7. The number of halogens is 1. The van der Waals surface area contributed by atoms with E-state index in [1.54, 1.807) is 25.1 Å². The Kier molecular flexibility index (Phi) is 9.42. The summed E-state index contributed by atoms with van der Waals surface area (Å²) in [7, 11) is -3.92. The van der Waals surface area contributed by atoms with Crippen LogP contribution in [-0.4, -0.2) is 49.9 Å². The number of nitrogens with two attached hydrogens (primary N) is 1. The Morgan fingerprint density at radius 1 is 1.10 bits per heavy atom. The normalized spacial score (nSPS) is 30.4. The predicted molar refractivity (Wildman–Crippen MR) is 166 cm³/mol. The SMILES string of the molecule is C[C@@H]1[C@@H](C)CCC[C@](O)(CN)[C@@H]2CC[C@H]2CN2CCCCc3cc(Cl)ccc3COc3ccc(cc32)C(=O)NS1(=O)=O. The van der Waals surface area contributed by atoms with Gasteiger partial charge in [0.25, 0.3) is 5.91 Å². The number of carbonyl (C=O) groups excluding carboxylic acids is 1. The van der Waals surface area contributed by atoms with Crippen molar-refractivity contribution >= 4 is 33.2 Å². The Morgan fingerprint density at radius 2 is 1.90 bits per heavy atom. The minimum atomic E-state index is -3.92. The molecule has 0 unspecified atom stereocenters. The molecule has 2 bridgehead atoms.